The van der Waals surface area contributed by atoms with Crippen molar-refractivity contribution in [2.75, 3.05) is 13.7 Å². The van der Waals surface area contributed by atoms with Gasteiger partial charge in [0.25, 0.3) is 0 Å². The number of ketones is 1. The lowest BCUT2D eigenvalue weighted by Crippen LogP contribution is -2.46. The van der Waals surface area contributed by atoms with Gasteiger partial charge in [0.2, 0.25) is 0 Å². The molecule has 0 saturated heterocycles. The molecule has 0 bridgehead atoms. The van der Waals surface area contributed by atoms with Crippen molar-refractivity contribution in [3.8, 4) is 0 Å². The minimum atomic E-state index is -2.01. The summed E-state index contributed by atoms with van der Waals surface area (Å²) in [5.74, 6) is -2.85. The van der Waals surface area contributed by atoms with Crippen LogP contribution < -0.4 is 0 Å². The summed E-state index contributed by atoms with van der Waals surface area (Å²) in [6.07, 6.45) is 10.2. The van der Waals surface area contributed by atoms with E-state index < -0.39 is 48.9 Å². The monoisotopic (exact) mass is 610 g/mol. The number of esters is 2. The molecule has 9 heteroatoms. The molecule has 0 fully saturated rings. The first-order valence-electron chi connectivity index (χ1n) is 15.7. The first-order valence-corrected chi connectivity index (χ1v) is 15.7. The van der Waals surface area contributed by atoms with E-state index >= 15 is 0 Å². The van der Waals surface area contributed by atoms with E-state index in [1.54, 1.807) is 19.9 Å². The molecule has 7 atom stereocenters. The van der Waals surface area contributed by atoms with Crippen LogP contribution in [0.2, 0.25) is 0 Å². The molecule has 4 N–H and O–H groups in total. The van der Waals surface area contributed by atoms with E-state index in [1.807, 2.05) is 19.9 Å². The van der Waals surface area contributed by atoms with Gasteiger partial charge in [-0.3, -0.25) is 4.79 Å². The Balaban J connectivity index is 5.05. The highest BCUT2D eigenvalue weighted by Crippen LogP contribution is 2.23. The van der Waals surface area contributed by atoms with E-state index in [2.05, 4.69) is 18.6 Å². The summed E-state index contributed by atoms with van der Waals surface area (Å²) in [4.78, 5) is 36.9. The van der Waals surface area contributed by atoms with Crippen molar-refractivity contribution in [3.05, 3.63) is 34.9 Å². The molecule has 0 heterocycles. The van der Waals surface area contributed by atoms with Crippen LogP contribution in [0.15, 0.2) is 34.9 Å². The fraction of sp³-hybridized carbons (Fsp3) is 0.735. The normalized spacial score (nSPS) is 17.8. The van der Waals surface area contributed by atoms with Crippen molar-refractivity contribution in [3.63, 3.8) is 0 Å². The SMILES string of the molecule is CCCCCCCCCC[C@H](C)[C@@H](O)[C@@H](C)/C=C(C)/C=C(\C)C(=O)[C@H](C)/C=C(\C)C(=O)O[C@H](CO)[C@@H](O)[C@H](O)C(=O)OC. The molecule has 0 aromatic heterocycles. The summed E-state index contributed by atoms with van der Waals surface area (Å²) in [6, 6.07) is 0. The number of carbonyl (C=O) groups is 3. The molecule has 0 aromatic rings. The predicted molar refractivity (Wildman–Crippen MR) is 168 cm³/mol. The molecular formula is C34H58O9. The maximum Gasteiger partial charge on any atom is 0.337 e. The summed E-state index contributed by atoms with van der Waals surface area (Å²) < 4.78 is 9.39. The number of allylic oxidation sites excluding steroid dienone is 4. The van der Waals surface area contributed by atoms with Gasteiger partial charge < -0.3 is 29.9 Å². The fourth-order valence-electron chi connectivity index (χ4n) is 5.05. The highest BCUT2D eigenvalue weighted by molar-refractivity contribution is 5.99. The van der Waals surface area contributed by atoms with Crippen LogP contribution in [-0.4, -0.2) is 76.3 Å². The largest absolute Gasteiger partial charge is 0.467 e. The highest BCUT2D eigenvalue weighted by Gasteiger charge is 2.34. The molecular weight excluding hydrogens is 552 g/mol. The van der Waals surface area contributed by atoms with Gasteiger partial charge in [0.05, 0.1) is 19.8 Å². The average Bonchev–Trinajstić information content (AvgIpc) is 2.98. The second-order valence-corrected chi connectivity index (χ2v) is 11.9. The lowest BCUT2D eigenvalue weighted by atomic mass is 9.88. The van der Waals surface area contributed by atoms with Crippen LogP contribution in [0.5, 0.6) is 0 Å². The minimum Gasteiger partial charge on any atom is -0.467 e. The molecule has 0 unspecified atom stereocenters. The van der Waals surface area contributed by atoms with Crippen molar-refractivity contribution >= 4 is 17.7 Å². The van der Waals surface area contributed by atoms with Crippen LogP contribution in [0.3, 0.4) is 0 Å². The molecule has 0 aliphatic carbocycles. The van der Waals surface area contributed by atoms with E-state index in [0.717, 1.165) is 25.5 Å². The summed E-state index contributed by atoms with van der Waals surface area (Å²) in [6.45, 7) is 12.1. The van der Waals surface area contributed by atoms with Gasteiger partial charge >= 0.3 is 11.9 Å². The molecule has 0 radical (unpaired) electrons. The van der Waals surface area contributed by atoms with Crippen LogP contribution in [-0.2, 0) is 23.9 Å². The third kappa shape index (κ3) is 15.8. The van der Waals surface area contributed by atoms with Crippen LogP contribution >= 0.6 is 0 Å². The summed E-state index contributed by atoms with van der Waals surface area (Å²) in [5.41, 5.74) is 1.39. The van der Waals surface area contributed by atoms with Gasteiger partial charge in [-0.25, -0.2) is 9.59 Å². The maximum absolute atomic E-state index is 13.0. The lowest BCUT2D eigenvalue weighted by molar-refractivity contribution is -0.173. The van der Waals surface area contributed by atoms with Crippen LogP contribution in [0, 0.1) is 17.8 Å². The zero-order valence-corrected chi connectivity index (χ0v) is 27.7. The fourth-order valence-corrected chi connectivity index (χ4v) is 5.05. The number of methoxy groups -OCH3 is 1. The minimum absolute atomic E-state index is 0.0568. The van der Waals surface area contributed by atoms with E-state index in [4.69, 9.17) is 4.74 Å². The average molecular weight is 611 g/mol. The highest BCUT2D eigenvalue weighted by atomic mass is 16.6. The summed E-state index contributed by atoms with van der Waals surface area (Å²) in [7, 11) is 1.01. The third-order valence-corrected chi connectivity index (χ3v) is 7.81. The number of hydrogen-bond donors (Lipinski definition) is 4. The molecule has 0 amide bonds. The molecule has 43 heavy (non-hydrogen) atoms. The number of hydrogen-bond acceptors (Lipinski definition) is 9. The number of rotatable bonds is 22. The van der Waals surface area contributed by atoms with Crippen LogP contribution in [0.25, 0.3) is 0 Å². The standard InChI is InChI=1S/C34H58O9/c1-9-10-11-12-13-14-15-16-17-23(3)29(36)24(4)18-22(2)19-25(5)30(37)26(6)20-27(7)33(40)43-28(21-35)31(38)32(39)34(41)42-8/h18-20,23-24,26,28-29,31-32,35-36,38-39H,9-17,21H2,1-8H3/b22-18+,25-19+,27-20+/t23-,24-,26+,28+,29+,31+,32-/m0/s1. The second-order valence-electron chi connectivity index (χ2n) is 11.9. The number of aliphatic hydroxyl groups is 4. The van der Waals surface area contributed by atoms with Gasteiger partial charge in [-0.2, -0.15) is 0 Å². The Bertz CT molecular complexity index is 936. The van der Waals surface area contributed by atoms with E-state index in [9.17, 15) is 34.8 Å². The topological polar surface area (TPSA) is 151 Å². The Morgan fingerprint density at radius 1 is 0.791 bits per heavy atom. The molecule has 0 rings (SSSR count). The quantitative estimate of drug-likeness (QED) is 0.0575. The van der Waals surface area contributed by atoms with Crippen molar-refractivity contribution < 1.29 is 44.3 Å². The molecule has 0 aromatic carbocycles. The van der Waals surface area contributed by atoms with Crippen LogP contribution in [0.1, 0.15) is 106 Å². The smallest absolute Gasteiger partial charge is 0.337 e. The van der Waals surface area contributed by atoms with Crippen molar-refractivity contribution in [1.82, 2.24) is 0 Å². The summed E-state index contributed by atoms with van der Waals surface area (Å²) >= 11 is 0. The molecule has 0 spiro atoms. The summed E-state index contributed by atoms with van der Waals surface area (Å²) in [5, 5.41) is 40.2. The first-order chi connectivity index (χ1) is 20.2. The van der Waals surface area contributed by atoms with Gasteiger partial charge in [0, 0.05) is 17.4 Å². The van der Waals surface area contributed by atoms with Crippen molar-refractivity contribution in [1.29, 1.82) is 0 Å². The second kappa shape index (κ2) is 22.2. The van der Waals surface area contributed by atoms with E-state index in [0.29, 0.717) is 5.57 Å². The number of carbonyl (C=O) groups excluding carboxylic acids is 3. The molecule has 9 nitrogen and oxygen atoms in total. The van der Waals surface area contributed by atoms with E-state index in [-0.39, 0.29) is 23.2 Å². The van der Waals surface area contributed by atoms with Crippen molar-refractivity contribution in [2.45, 2.75) is 131 Å². The van der Waals surface area contributed by atoms with Gasteiger partial charge in [0.1, 0.15) is 6.10 Å². The third-order valence-electron chi connectivity index (χ3n) is 7.81. The number of Topliss-reactive ketones (excluding diaryl/α,β-unsaturated/α-hetero) is 1. The Labute approximate surface area is 259 Å². The van der Waals surface area contributed by atoms with Gasteiger partial charge in [-0.05, 0) is 38.7 Å². The molecule has 248 valence electrons. The zero-order valence-electron chi connectivity index (χ0n) is 27.7. The Hall–Kier alpha value is -2.33. The van der Waals surface area contributed by atoms with Gasteiger partial charge in [-0.15, -0.1) is 0 Å². The Morgan fingerprint density at radius 2 is 1.35 bits per heavy atom. The Kier molecular flexibility index (Phi) is 21.0. The first kappa shape index (κ1) is 40.7. The van der Waals surface area contributed by atoms with Crippen LogP contribution in [0.4, 0.5) is 0 Å². The zero-order chi connectivity index (χ0) is 33.1. The molecule has 0 saturated carbocycles. The van der Waals surface area contributed by atoms with Crippen molar-refractivity contribution in [2.24, 2.45) is 17.8 Å². The van der Waals surface area contributed by atoms with Gasteiger partial charge in [0.15, 0.2) is 18.0 Å². The van der Waals surface area contributed by atoms with Gasteiger partial charge in [-0.1, -0.05) is 103 Å². The Morgan fingerprint density at radius 3 is 1.88 bits per heavy atom. The van der Waals surface area contributed by atoms with E-state index in [1.165, 1.54) is 57.9 Å². The lowest BCUT2D eigenvalue weighted by Gasteiger charge is -2.24. The number of aliphatic hydroxyl groups excluding tert-OH is 4. The predicted octanol–water partition coefficient (Wildman–Crippen LogP) is 4.99. The number of ether oxygens (including phenoxy) is 2. The molecule has 0 aliphatic rings. The number of unbranched alkanes of at least 4 members (excludes halogenated alkanes) is 7. The molecule has 0 aliphatic heterocycles. The maximum atomic E-state index is 13.0.